The van der Waals surface area contributed by atoms with Crippen LogP contribution in [0, 0.1) is 5.82 Å². The van der Waals surface area contributed by atoms with Crippen LogP contribution in [-0.2, 0) is 6.42 Å². The molecule has 2 aromatic rings. The molecule has 90 valence electrons. The highest BCUT2D eigenvalue weighted by atomic mass is 35.5. The van der Waals surface area contributed by atoms with Crippen molar-refractivity contribution in [2.24, 2.45) is 0 Å². The lowest BCUT2D eigenvalue weighted by Gasteiger charge is -2.03. The molecule has 1 aromatic heterocycles. The van der Waals surface area contributed by atoms with Gasteiger partial charge >= 0.3 is 0 Å². The van der Waals surface area contributed by atoms with Gasteiger partial charge in [0.25, 0.3) is 0 Å². The number of hydrogen-bond acceptors (Lipinski definition) is 3. The summed E-state index contributed by atoms with van der Waals surface area (Å²) in [6, 6.07) is 4.61. The largest absolute Gasteiger partial charge is 0.387 e. The van der Waals surface area contributed by atoms with E-state index in [1.807, 2.05) is 0 Å². The normalized spacial score (nSPS) is 12.7. The van der Waals surface area contributed by atoms with Crippen molar-refractivity contribution in [3.8, 4) is 0 Å². The molecular weight excluding hydrogens is 261 g/mol. The van der Waals surface area contributed by atoms with E-state index in [-0.39, 0.29) is 5.82 Å². The molecule has 17 heavy (non-hydrogen) atoms. The molecule has 0 aliphatic carbocycles. The predicted octanol–water partition coefficient (Wildman–Crippen LogP) is 3.58. The van der Waals surface area contributed by atoms with E-state index in [0.717, 1.165) is 5.01 Å². The molecule has 1 aromatic carbocycles. The third-order valence-corrected chi connectivity index (χ3v) is 3.61. The van der Waals surface area contributed by atoms with Crippen LogP contribution in [0.2, 0.25) is 5.02 Å². The van der Waals surface area contributed by atoms with E-state index in [0.29, 0.717) is 22.7 Å². The maximum Gasteiger partial charge on any atom is 0.128 e. The van der Waals surface area contributed by atoms with Gasteiger partial charge in [0.05, 0.1) is 16.8 Å². The highest BCUT2D eigenvalue weighted by molar-refractivity contribution is 7.09. The summed E-state index contributed by atoms with van der Waals surface area (Å²) in [6.45, 7) is 1.65. The van der Waals surface area contributed by atoms with Crippen molar-refractivity contribution in [3.05, 3.63) is 50.7 Å². The first-order chi connectivity index (χ1) is 8.08. The molecule has 1 N–H and O–H groups in total. The fraction of sp³-hybridized carbons (Fsp3) is 0.250. The smallest absolute Gasteiger partial charge is 0.128 e. The first-order valence-corrected chi connectivity index (χ1v) is 6.39. The second-order valence-electron chi connectivity index (χ2n) is 3.72. The fourth-order valence-electron chi connectivity index (χ4n) is 1.45. The highest BCUT2D eigenvalue weighted by Crippen LogP contribution is 2.25. The number of halogens is 2. The molecule has 0 aliphatic rings. The number of aliphatic hydroxyl groups is 1. The molecule has 0 fully saturated rings. The van der Waals surface area contributed by atoms with Crippen molar-refractivity contribution < 1.29 is 9.50 Å². The Labute approximate surface area is 108 Å². The summed E-state index contributed by atoms with van der Waals surface area (Å²) >= 11 is 7.33. The monoisotopic (exact) mass is 271 g/mol. The number of benzene rings is 1. The molecular formula is C12H11ClFNOS. The highest BCUT2D eigenvalue weighted by Gasteiger charge is 2.12. The number of aromatic nitrogens is 1. The number of aliphatic hydroxyl groups excluding tert-OH is 1. The number of nitrogens with zero attached hydrogens (tertiary/aromatic N) is 1. The van der Waals surface area contributed by atoms with Crippen molar-refractivity contribution in [2.45, 2.75) is 19.4 Å². The first kappa shape index (κ1) is 12.5. The zero-order chi connectivity index (χ0) is 12.4. The molecule has 0 saturated heterocycles. The van der Waals surface area contributed by atoms with Crippen LogP contribution >= 0.6 is 22.9 Å². The molecule has 5 heteroatoms. The van der Waals surface area contributed by atoms with Crippen LogP contribution in [0.4, 0.5) is 4.39 Å². The Morgan fingerprint density at radius 2 is 2.29 bits per heavy atom. The molecule has 0 radical (unpaired) electrons. The average molecular weight is 272 g/mol. The van der Waals surface area contributed by atoms with Gasteiger partial charge in [-0.3, -0.25) is 0 Å². The maximum atomic E-state index is 13.5. The van der Waals surface area contributed by atoms with Gasteiger partial charge in [0.2, 0.25) is 0 Å². The van der Waals surface area contributed by atoms with E-state index >= 15 is 0 Å². The lowest BCUT2D eigenvalue weighted by molar-refractivity contribution is 0.195. The summed E-state index contributed by atoms with van der Waals surface area (Å²) in [6.07, 6.45) is -0.251. The zero-order valence-corrected chi connectivity index (χ0v) is 10.7. The van der Waals surface area contributed by atoms with Gasteiger partial charge in [-0.25, -0.2) is 9.37 Å². The molecule has 0 saturated carbocycles. The Morgan fingerprint density at radius 3 is 2.88 bits per heavy atom. The average Bonchev–Trinajstić information content (AvgIpc) is 2.72. The summed E-state index contributed by atoms with van der Waals surface area (Å²) in [5.41, 5.74) is 1.05. The van der Waals surface area contributed by atoms with E-state index in [1.54, 1.807) is 24.4 Å². The van der Waals surface area contributed by atoms with Crippen LogP contribution in [0.5, 0.6) is 0 Å². The molecule has 1 heterocycles. The summed E-state index contributed by atoms with van der Waals surface area (Å²) in [5.74, 6) is -0.328. The maximum absolute atomic E-state index is 13.5. The Balaban J connectivity index is 2.25. The van der Waals surface area contributed by atoms with Gasteiger partial charge in [-0.1, -0.05) is 17.7 Å². The summed E-state index contributed by atoms with van der Waals surface area (Å²) in [5, 5.41) is 12.3. The van der Waals surface area contributed by atoms with Crippen molar-refractivity contribution in [3.63, 3.8) is 0 Å². The van der Waals surface area contributed by atoms with Crippen molar-refractivity contribution >= 4 is 22.9 Å². The summed E-state index contributed by atoms with van der Waals surface area (Å²) in [7, 11) is 0. The third kappa shape index (κ3) is 2.83. The first-order valence-electron chi connectivity index (χ1n) is 5.13. The lowest BCUT2D eigenvalue weighted by atomic mass is 10.1. The van der Waals surface area contributed by atoms with Gasteiger partial charge in [-0.05, 0) is 19.1 Å². The lowest BCUT2D eigenvalue weighted by Crippen LogP contribution is -1.95. The third-order valence-electron chi connectivity index (χ3n) is 2.39. The SMILES string of the molecule is CC(O)c1csc(Cc2c(F)cccc2Cl)n1. The van der Waals surface area contributed by atoms with Gasteiger partial charge in [-0.15, -0.1) is 11.3 Å². The van der Waals surface area contributed by atoms with Crippen LogP contribution < -0.4 is 0 Å². The van der Waals surface area contributed by atoms with Crippen molar-refractivity contribution in [1.82, 2.24) is 4.98 Å². The molecule has 0 spiro atoms. The van der Waals surface area contributed by atoms with E-state index in [1.165, 1.54) is 17.4 Å². The Morgan fingerprint density at radius 1 is 1.53 bits per heavy atom. The number of rotatable bonds is 3. The van der Waals surface area contributed by atoms with Crippen LogP contribution in [0.3, 0.4) is 0 Å². The molecule has 2 nitrogen and oxygen atoms in total. The minimum Gasteiger partial charge on any atom is -0.387 e. The zero-order valence-electron chi connectivity index (χ0n) is 9.15. The standard InChI is InChI=1S/C12H11ClFNOS/c1-7(16)11-6-17-12(15-11)5-8-9(13)3-2-4-10(8)14/h2-4,6-7,16H,5H2,1H3. The van der Waals surface area contributed by atoms with Crippen LogP contribution in [0.15, 0.2) is 23.6 Å². The second-order valence-corrected chi connectivity index (χ2v) is 5.07. The molecule has 0 amide bonds. The number of hydrogen-bond donors (Lipinski definition) is 1. The van der Waals surface area contributed by atoms with Crippen molar-refractivity contribution in [2.75, 3.05) is 0 Å². The Hall–Kier alpha value is -0.970. The minimum absolute atomic E-state index is 0.328. The summed E-state index contributed by atoms with van der Waals surface area (Å²) < 4.78 is 13.5. The topological polar surface area (TPSA) is 33.1 Å². The van der Waals surface area contributed by atoms with Gasteiger partial charge in [-0.2, -0.15) is 0 Å². The van der Waals surface area contributed by atoms with Crippen LogP contribution in [0.25, 0.3) is 0 Å². The fourth-order valence-corrected chi connectivity index (χ4v) is 2.57. The van der Waals surface area contributed by atoms with E-state index < -0.39 is 6.10 Å². The van der Waals surface area contributed by atoms with Gasteiger partial charge in [0.1, 0.15) is 5.82 Å². The van der Waals surface area contributed by atoms with Gasteiger partial charge < -0.3 is 5.11 Å². The summed E-state index contributed by atoms with van der Waals surface area (Å²) in [4.78, 5) is 4.23. The van der Waals surface area contributed by atoms with Crippen LogP contribution in [0.1, 0.15) is 29.3 Å². The predicted molar refractivity (Wildman–Crippen MR) is 67.0 cm³/mol. The number of thiazole rings is 1. The van der Waals surface area contributed by atoms with Crippen molar-refractivity contribution in [1.29, 1.82) is 0 Å². The van der Waals surface area contributed by atoms with E-state index in [2.05, 4.69) is 4.98 Å². The Bertz CT molecular complexity index is 507. The van der Waals surface area contributed by atoms with Gasteiger partial charge in [0.15, 0.2) is 0 Å². The Kier molecular flexibility index (Phi) is 3.76. The molecule has 0 aliphatic heterocycles. The molecule has 1 atom stereocenters. The molecule has 0 bridgehead atoms. The van der Waals surface area contributed by atoms with Gasteiger partial charge in [0, 0.05) is 22.4 Å². The van der Waals surface area contributed by atoms with E-state index in [9.17, 15) is 9.50 Å². The molecule has 1 unspecified atom stereocenters. The quantitative estimate of drug-likeness (QED) is 0.926. The molecule has 2 rings (SSSR count). The minimum atomic E-state index is -0.601. The van der Waals surface area contributed by atoms with Crippen LogP contribution in [-0.4, -0.2) is 10.1 Å². The second kappa shape index (κ2) is 5.12. The van der Waals surface area contributed by atoms with E-state index in [4.69, 9.17) is 11.6 Å².